The van der Waals surface area contributed by atoms with Crippen LogP contribution in [0, 0.1) is 0 Å². The second kappa shape index (κ2) is 4.88. The van der Waals surface area contributed by atoms with Crippen LogP contribution in [-0.2, 0) is 11.2 Å². The highest BCUT2D eigenvalue weighted by molar-refractivity contribution is 6.21. The van der Waals surface area contributed by atoms with Crippen LogP contribution < -0.4 is 5.32 Å². The van der Waals surface area contributed by atoms with E-state index >= 15 is 0 Å². The zero-order valence-corrected chi connectivity index (χ0v) is 10.1. The molecule has 2 atom stereocenters. The predicted molar refractivity (Wildman–Crippen MR) is 65.6 cm³/mol. The van der Waals surface area contributed by atoms with Gasteiger partial charge >= 0.3 is 0 Å². The molecule has 1 amide bonds. The number of carbonyl (C=O) groups excluding carboxylic acids is 1. The highest BCUT2D eigenvalue weighted by Gasteiger charge is 2.31. The zero-order valence-electron chi connectivity index (χ0n) is 9.37. The quantitative estimate of drug-likeness (QED) is 0.805. The number of benzene rings is 1. The first kappa shape index (κ1) is 11.5. The van der Waals surface area contributed by atoms with Crippen LogP contribution in [0.15, 0.2) is 24.3 Å². The lowest BCUT2D eigenvalue weighted by molar-refractivity contribution is -0.121. The van der Waals surface area contributed by atoms with Crippen molar-refractivity contribution in [2.45, 2.75) is 37.6 Å². The van der Waals surface area contributed by atoms with Crippen molar-refractivity contribution in [1.82, 2.24) is 5.32 Å². The van der Waals surface area contributed by atoms with Gasteiger partial charge in [0.25, 0.3) is 0 Å². The molecular weight excluding hydrogens is 222 g/mol. The van der Waals surface area contributed by atoms with E-state index in [1.54, 1.807) is 0 Å². The molecule has 1 aromatic carbocycles. The summed E-state index contributed by atoms with van der Waals surface area (Å²) in [6, 6.07) is 8.12. The summed E-state index contributed by atoms with van der Waals surface area (Å²) in [7, 11) is 0. The van der Waals surface area contributed by atoms with E-state index in [0.717, 1.165) is 12.8 Å². The topological polar surface area (TPSA) is 29.1 Å². The third-order valence-electron chi connectivity index (χ3n) is 2.96. The number of rotatable bonds is 3. The van der Waals surface area contributed by atoms with Crippen LogP contribution in [0.25, 0.3) is 0 Å². The maximum Gasteiger partial charge on any atom is 0.220 e. The lowest BCUT2D eigenvalue weighted by Gasteiger charge is -2.17. The monoisotopic (exact) mass is 237 g/mol. The molecule has 0 aromatic heterocycles. The van der Waals surface area contributed by atoms with Crippen LogP contribution in [0.2, 0.25) is 0 Å². The van der Waals surface area contributed by atoms with Crippen molar-refractivity contribution in [3.05, 3.63) is 35.4 Å². The molecule has 0 heterocycles. The summed E-state index contributed by atoms with van der Waals surface area (Å²) < 4.78 is 0. The summed E-state index contributed by atoms with van der Waals surface area (Å²) in [4.78, 5) is 11.6. The minimum atomic E-state index is -0.0167. The minimum Gasteiger partial charge on any atom is -0.348 e. The maximum atomic E-state index is 11.6. The third-order valence-corrected chi connectivity index (χ3v) is 3.37. The van der Waals surface area contributed by atoms with Gasteiger partial charge in [0, 0.05) is 6.42 Å². The molecule has 2 nitrogen and oxygen atoms in total. The van der Waals surface area contributed by atoms with E-state index < -0.39 is 0 Å². The fourth-order valence-electron chi connectivity index (χ4n) is 2.19. The van der Waals surface area contributed by atoms with E-state index in [4.69, 9.17) is 11.6 Å². The highest BCUT2D eigenvalue weighted by Crippen LogP contribution is 2.34. The summed E-state index contributed by atoms with van der Waals surface area (Å²) in [5.74, 6) is 0.0925. The van der Waals surface area contributed by atoms with Crippen LogP contribution in [0.3, 0.4) is 0 Å². The van der Waals surface area contributed by atoms with Crippen LogP contribution in [-0.4, -0.2) is 11.3 Å². The minimum absolute atomic E-state index is 0.0155. The van der Waals surface area contributed by atoms with Gasteiger partial charge in [-0.25, -0.2) is 0 Å². The predicted octanol–water partition coefficient (Wildman–Crippen LogP) is 2.81. The lowest BCUT2D eigenvalue weighted by Crippen LogP contribution is -2.31. The van der Waals surface area contributed by atoms with E-state index in [9.17, 15) is 4.79 Å². The normalized spacial score (nSPS) is 22.9. The van der Waals surface area contributed by atoms with E-state index in [-0.39, 0.29) is 17.3 Å². The summed E-state index contributed by atoms with van der Waals surface area (Å²) in [5.41, 5.74) is 2.43. The number of amides is 1. The fourth-order valence-corrected chi connectivity index (χ4v) is 2.55. The van der Waals surface area contributed by atoms with Gasteiger partial charge in [-0.05, 0) is 24.0 Å². The Morgan fingerprint density at radius 1 is 1.50 bits per heavy atom. The molecule has 0 fully saturated rings. The lowest BCUT2D eigenvalue weighted by atomic mass is 10.1. The van der Waals surface area contributed by atoms with Gasteiger partial charge in [-0.15, -0.1) is 11.6 Å². The van der Waals surface area contributed by atoms with E-state index in [2.05, 4.69) is 17.4 Å². The maximum absolute atomic E-state index is 11.6. The zero-order chi connectivity index (χ0) is 11.5. The number of hydrogen-bond acceptors (Lipinski definition) is 1. The molecule has 1 aliphatic rings. The van der Waals surface area contributed by atoms with Crippen LogP contribution in [0.1, 0.15) is 36.9 Å². The Morgan fingerprint density at radius 2 is 2.25 bits per heavy atom. The summed E-state index contributed by atoms with van der Waals surface area (Å²) in [5, 5.41) is 3.00. The summed E-state index contributed by atoms with van der Waals surface area (Å²) in [6.45, 7) is 2.00. The Labute approximate surface area is 101 Å². The number of carbonyl (C=O) groups is 1. The number of fused-ring (bicyclic) bond motifs is 1. The number of nitrogens with one attached hydrogen (secondary N) is 1. The Balaban J connectivity index is 2.13. The van der Waals surface area contributed by atoms with Crippen LogP contribution in [0.5, 0.6) is 0 Å². The number of halogens is 1. The Hall–Kier alpha value is -1.02. The van der Waals surface area contributed by atoms with Crippen LogP contribution in [0.4, 0.5) is 0 Å². The molecule has 16 heavy (non-hydrogen) atoms. The van der Waals surface area contributed by atoms with Gasteiger partial charge in [0.15, 0.2) is 0 Å². The molecular formula is C13H16ClNO. The first-order chi connectivity index (χ1) is 7.72. The average Bonchev–Trinajstić information content (AvgIpc) is 2.56. The van der Waals surface area contributed by atoms with Gasteiger partial charge in [-0.2, -0.15) is 0 Å². The molecule has 0 aliphatic heterocycles. The second-order valence-electron chi connectivity index (χ2n) is 4.21. The standard InChI is InChI=1S/C13H16ClNO/c1-2-5-12(16)15-13-10-7-4-3-6-9(10)8-11(13)14/h3-4,6-7,11,13H,2,5,8H2,1H3,(H,15,16). The third kappa shape index (κ3) is 2.22. The summed E-state index contributed by atoms with van der Waals surface area (Å²) in [6.07, 6.45) is 2.28. The van der Waals surface area contributed by atoms with Crippen molar-refractivity contribution in [3.8, 4) is 0 Å². The number of alkyl halides is 1. The van der Waals surface area contributed by atoms with Crippen molar-refractivity contribution in [3.63, 3.8) is 0 Å². The Bertz CT molecular complexity index is 391. The molecule has 86 valence electrons. The second-order valence-corrected chi connectivity index (χ2v) is 4.77. The average molecular weight is 238 g/mol. The van der Waals surface area contributed by atoms with Crippen molar-refractivity contribution >= 4 is 17.5 Å². The van der Waals surface area contributed by atoms with E-state index in [1.807, 2.05) is 19.1 Å². The van der Waals surface area contributed by atoms with Gasteiger partial charge in [0.1, 0.15) is 0 Å². The molecule has 2 unspecified atom stereocenters. The summed E-state index contributed by atoms with van der Waals surface area (Å²) >= 11 is 6.27. The molecule has 0 radical (unpaired) electrons. The largest absolute Gasteiger partial charge is 0.348 e. The van der Waals surface area contributed by atoms with Crippen molar-refractivity contribution in [2.75, 3.05) is 0 Å². The molecule has 3 heteroatoms. The molecule has 0 bridgehead atoms. The molecule has 1 aliphatic carbocycles. The van der Waals surface area contributed by atoms with Crippen molar-refractivity contribution in [2.24, 2.45) is 0 Å². The van der Waals surface area contributed by atoms with Crippen LogP contribution >= 0.6 is 11.6 Å². The highest BCUT2D eigenvalue weighted by atomic mass is 35.5. The smallest absolute Gasteiger partial charge is 0.220 e. The van der Waals surface area contributed by atoms with Gasteiger partial charge < -0.3 is 5.32 Å². The molecule has 1 N–H and O–H groups in total. The number of hydrogen-bond donors (Lipinski definition) is 1. The van der Waals surface area contributed by atoms with E-state index in [0.29, 0.717) is 6.42 Å². The van der Waals surface area contributed by atoms with Crippen molar-refractivity contribution in [1.29, 1.82) is 0 Å². The molecule has 0 spiro atoms. The SMILES string of the molecule is CCCC(=O)NC1c2ccccc2CC1Cl. The Morgan fingerprint density at radius 3 is 3.00 bits per heavy atom. The fraction of sp³-hybridized carbons (Fsp3) is 0.462. The Kier molecular flexibility index (Phi) is 3.49. The first-order valence-corrected chi connectivity index (χ1v) is 6.17. The first-order valence-electron chi connectivity index (χ1n) is 5.73. The van der Waals surface area contributed by atoms with Gasteiger partial charge in [0.2, 0.25) is 5.91 Å². The van der Waals surface area contributed by atoms with Gasteiger partial charge in [0.05, 0.1) is 11.4 Å². The van der Waals surface area contributed by atoms with Gasteiger partial charge in [-0.3, -0.25) is 4.79 Å². The van der Waals surface area contributed by atoms with Crippen molar-refractivity contribution < 1.29 is 4.79 Å². The van der Waals surface area contributed by atoms with Gasteiger partial charge in [-0.1, -0.05) is 31.2 Å². The molecule has 2 rings (SSSR count). The van der Waals surface area contributed by atoms with E-state index in [1.165, 1.54) is 11.1 Å². The molecule has 1 aromatic rings. The molecule has 0 saturated carbocycles. The molecule has 0 saturated heterocycles.